The van der Waals surface area contributed by atoms with Crippen LogP contribution in [0.25, 0.3) is 0 Å². The number of terminal acetylenes is 1. The fourth-order valence-electron chi connectivity index (χ4n) is 2.05. The van der Waals surface area contributed by atoms with E-state index in [2.05, 4.69) is 22.3 Å². The Morgan fingerprint density at radius 3 is 3.44 bits per heavy atom. The third-order valence-electron chi connectivity index (χ3n) is 2.78. The molecule has 0 aliphatic heterocycles. The van der Waals surface area contributed by atoms with Crippen LogP contribution in [-0.4, -0.2) is 23.0 Å². The standard InChI is InChI=1S/C13H16N2S/c1-2-9-16-10-8-14-12-6-5-11-4-3-7-15-13(11)12/h1,3-4,7,12,14H,5-6,8-10H2. The van der Waals surface area contributed by atoms with E-state index in [-0.39, 0.29) is 0 Å². The lowest BCUT2D eigenvalue weighted by molar-refractivity contribution is 0.542. The summed E-state index contributed by atoms with van der Waals surface area (Å²) in [6, 6.07) is 4.64. The van der Waals surface area contributed by atoms with Gasteiger partial charge >= 0.3 is 0 Å². The van der Waals surface area contributed by atoms with Gasteiger partial charge in [-0.05, 0) is 24.5 Å². The maximum atomic E-state index is 5.19. The Hall–Kier alpha value is -0.980. The van der Waals surface area contributed by atoms with Gasteiger partial charge in [0.15, 0.2) is 0 Å². The van der Waals surface area contributed by atoms with Crippen LogP contribution in [0.1, 0.15) is 23.7 Å². The highest BCUT2D eigenvalue weighted by molar-refractivity contribution is 7.99. The molecule has 0 bridgehead atoms. The zero-order chi connectivity index (χ0) is 11.2. The zero-order valence-electron chi connectivity index (χ0n) is 9.28. The molecule has 16 heavy (non-hydrogen) atoms. The largest absolute Gasteiger partial charge is 0.308 e. The maximum absolute atomic E-state index is 5.19. The van der Waals surface area contributed by atoms with Gasteiger partial charge < -0.3 is 5.32 Å². The molecule has 0 amide bonds. The predicted molar refractivity (Wildman–Crippen MR) is 69.5 cm³/mol. The van der Waals surface area contributed by atoms with Crippen LogP contribution in [0.3, 0.4) is 0 Å². The minimum absolute atomic E-state index is 0.447. The summed E-state index contributed by atoms with van der Waals surface area (Å²) in [6.45, 7) is 1.01. The van der Waals surface area contributed by atoms with Gasteiger partial charge in [0.2, 0.25) is 0 Å². The Morgan fingerprint density at radius 1 is 1.62 bits per heavy atom. The number of nitrogens with zero attached hydrogens (tertiary/aromatic N) is 1. The van der Waals surface area contributed by atoms with Crippen LogP contribution < -0.4 is 5.32 Å². The molecule has 2 nitrogen and oxygen atoms in total. The molecule has 1 aromatic heterocycles. The number of thioether (sulfide) groups is 1. The van der Waals surface area contributed by atoms with Gasteiger partial charge in [0.05, 0.1) is 17.5 Å². The van der Waals surface area contributed by atoms with E-state index in [0.717, 1.165) is 24.5 Å². The number of nitrogens with one attached hydrogen (secondary N) is 1. The molecule has 84 valence electrons. The van der Waals surface area contributed by atoms with Crippen molar-refractivity contribution in [2.24, 2.45) is 0 Å². The first-order chi connectivity index (χ1) is 7.92. The van der Waals surface area contributed by atoms with Gasteiger partial charge in [-0.1, -0.05) is 12.0 Å². The lowest BCUT2D eigenvalue weighted by Crippen LogP contribution is -2.22. The van der Waals surface area contributed by atoms with E-state index in [0.29, 0.717) is 6.04 Å². The van der Waals surface area contributed by atoms with E-state index < -0.39 is 0 Å². The predicted octanol–water partition coefficient (Wildman–Crippen LogP) is 2.02. The van der Waals surface area contributed by atoms with Crippen molar-refractivity contribution in [1.29, 1.82) is 0 Å². The van der Waals surface area contributed by atoms with Gasteiger partial charge in [0.1, 0.15) is 0 Å². The first kappa shape index (κ1) is 11.5. The van der Waals surface area contributed by atoms with Crippen molar-refractivity contribution < 1.29 is 0 Å². The van der Waals surface area contributed by atoms with Gasteiger partial charge in [0, 0.05) is 18.5 Å². The Kier molecular flexibility index (Phi) is 4.26. The fraction of sp³-hybridized carbons (Fsp3) is 0.462. The average Bonchev–Trinajstić information content (AvgIpc) is 2.73. The van der Waals surface area contributed by atoms with Crippen molar-refractivity contribution >= 4 is 11.8 Å². The summed E-state index contributed by atoms with van der Waals surface area (Å²) in [4.78, 5) is 4.45. The summed E-state index contributed by atoms with van der Waals surface area (Å²) < 4.78 is 0. The fourth-order valence-corrected chi connectivity index (χ4v) is 2.57. The van der Waals surface area contributed by atoms with Crippen molar-refractivity contribution in [3.05, 3.63) is 29.6 Å². The highest BCUT2D eigenvalue weighted by atomic mass is 32.2. The van der Waals surface area contributed by atoms with E-state index in [1.54, 1.807) is 11.8 Å². The number of aromatic nitrogens is 1. The second-order valence-electron chi connectivity index (χ2n) is 3.85. The second kappa shape index (κ2) is 5.93. The molecule has 0 saturated carbocycles. The molecule has 0 aromatic carbocycles. The van der Waals surface area contributed by atoms with Crippen molar-refractivity contribution in [1.82, 2.24) is 10.3 Å². The minimum Gasteiger partial charge on any atom is -0.308 e. The number of rotatable bonds is 5. The third kappa shape index (κ3) is 2.78. The second-order valence-corrected chi connectivity index (χ2v) is 4.96. The Morgan fingerprint density at radius 2 is 2.56 bits per heavy atom. The molecular formula is C13H16N2S. The number of fused-ring (bicyclic) bond motifs is 1. The van der Waals surface area contributed by atoms with Gasteiger partial charge in [-0.25, -0.2) is 0 Å². The molecule has 1 N–H and O–H groups in total. The monoisotopic (exact) mass is 232 g/mol. The van der Waals surface area contributed by atoms with Gasteiger partial charge in [-0.3, -0.25) is 4.98 Å². The Balaban J connectivity index is 1.78. The average molecular weight is 232 g/mol. The number of hydrogen-bond donors (Lipinski definition) is 1. The molecular weight excluding hydrogens is 216 g/mol. The SMILES string of the molecule is C#CCSCCNC1CCc2cccnc21. The van der Waals surface area contributed by atoms with Crippen LogP contribution in [0, 0.1) is 12.3 Å². The van der Waals surface area contributed by atoms with Crippen molar-refractivity contribution in [3.8, 4) is 12.3 Å². The highest BCUT2D eigenvalue weighted by Crippen LogP contribution is 2.28. The smallest absolute Gasteiger partial charge is 0.0605 e. The molecule has 1 aliphatic rings. The lowest BCUT2D eigenvalue weighted by Gasteiger charge is -2.12. The number of hydrogen-bond acceptors (Lipinski definition) is 3. The molecule has 1 unspecified atom stereocenters. The quantitative estimate of drug-likeness (QED) is 0.621. The van der Waals surface area contributed by atoms with Crippen LogP contribution in [0.4, 0.5) is 0 Å². The normalized spacial score (nSPS) is 18.1. The molecule has 0 fully saturated rings. The highest BCUT2D eigenvalue weighted by Gasteiger charge is 2.22. The van der Waals surface area contributed by atoms with Crippen LogP contribution in [0.5, 0.6) is 0 Å². The molecule has 1 heterocycles. The van der Waals surface area contributed by atoms with Crippen molar-refractivity contribution in [2.75, 3.05) is 18.1 Å². The summed E-state index contributed by atoms with van der Waals surface area (Å²) in [5.41, 5.74) is 2.64. The summed E-state index contributed by atoms with van der Waals surface area (Å²) in [6.07, 6.45) is 9.40. The topological polar surface area (TPSA) is 24.9 Å². The molecule has 0 spiro atoms. The van der Waals surface area contributed by atoms with Crippen LogP contribution >= 0.6 is 11.8 Å². The molecule has 2 rings (SSSR count). The summed E-state index contributed by atoms with van der Waals surface area (Å²) in [5.74, 6) is 4.51. The minimum atomic E-state index is 0.447. The van der Waals surface area contributed by atoms with Crippen molar-refractivity contribution in [3.63, 3.8) is 0 Å². The summed E-state index contributed by atoms with van der Waals surface area (Å²) in [5, 5.41) is 3.54. The van der Waals surface area contributed by atoms with Gasteiger partial charge in [-0.15, -0.1) is 18.2 Å². The van der Waals surface area contributed by atoms with E-state index in [1.165, 1.54) is 17.7 Å². The lowest BCUT2D eigenvalue weighted by atomic mass is 10.2. The van der Waals surface area contributed by atoms with Gasteiger partial charge in [-0.2, -0.15) is 0 Å². The first-order valence-corrected chi connectivity index (χ1v) is 6.75. The van der Waals surface area contributed by atoms with E-state index in [9.17, 15) is 0 Å². The maximum Gasteiger partial charge on any atom is 0.0605 e. The molecule has 1 atom stereocenters. The van der Waals surface area contributed by atoms with Crippen LogP contribution in [0.15, 0.2) is 18.3 Å². The van der Waals surface area contributed by atoms with E-state index in [4.69, 9.17) is 6.42 Å². The molecule has 0 radical (unpaired) electrons. The molecule has 3 heteroatoms. The zero-order valence-corrected chi connectivity index (χ0v) is 10.1. The number of pyridine rings is 1. The Bertz CT molecular complexity index is 384. The van der Waals surface area contributed by atoms with Crippen LogP contribution in [0.2, 0.25) is 0 Å². The molecule has 1 aliphatic carbocycles. The van der Waals surface area contributed by atoms with Crippen LogP contribution in [-0.2, 0) is 6.42 Å². The Labute approximate surface area is 101 Å². The first-order valence-electron chi connectivity index (χ1n) is 5.60. The molecule has 0 saturated heterocycles. The van der Waals surface area contributed by atoms with Gasteiger partial charge in [0.25, 0.3) is 0 Å². The summed E-state index contributed by atoms with van der Waals surface area (Å²) >= 11 is 1.80. The van der Waals surface area contributed by atoms with Crippen molar-refractivity contribution in [2.45, 2.75) is 18.9 Å². The third-order valence-corrected chi connectivity index (χ3v) is 3.64. The van der Waals surface area contributed by atoms with E-state index >= 15 is 0 Å². The molecule has 1 aromatic rings. The number of aryl methyl sites for hydroxylation is 1. The summed E-state index contributed by atoms with van der Waals surface area (Å²) in [7, 11) is 0. The van der Waals surface area contributed by atoms with E-state index in [1.807, 2.05) is 12.3 Å².